The number of hydrogen-bond acceptors (Lipinski definition) is 3. The van der Waals surface area contributed by atoms with Gasteiger partial charge in [-0.2, -0.15) is 0 Å². The van der Waals surface area contributed by atoms with Crippen LogP contribution in [0.2, 0.25) is 0 Å². The number of rotatable bonds is 4. The molecule has 0 amide bonds. The molecule has 0 bridgehead atoms. The number of aromatic carboxylic acids is 1. The number of carbonyl (C=O) groups is 1. The summed E-state index contributed by atoms with van der Waals surface area (Å²) in [7, 11) is 0. The Hall–Kier alpha value is -2.69. The molecule has 0 spiro atoms. The number of nitrogens with one attached hydrogen (secondary N) is 1. The molecule has 0 aliphatic heterocycles. The molecule has 19 heavy (non-hydrogen) atoms. The summed E-state index contributed by atoms with van der Waals surface area (Å²) in [6, 6.07) is 13.9. The second-order valence-electron chi connectivity index (χ2n) is 4.03. The van der Waals surface area contributed by atoms with Crippen LogP contribution in [-0.4, -0.2) is 11.1 Å². The molecule has 0 atom stereocenters. The smallest absolute Gasteiger partial charge is 0.335 e. The van der Waals surface area contributed by atoms with Gasteiger partial charge in [-0.1, -0.05) is 22.9 Å². The summed E-state index contributed by atoms with van der Waals surface area (Å²) >= 11 is 0. The minimum absolute atomic E-state index is 0.237. The van der Waals surface area contributed by atoms with Gasteiger partial charge in [0.15, 0.2) is 0 Å². The van der Waals surface area contributed by atoms with Gasteiger partial charge >= 0.3 is 5.97 Å². The van der Waals surface area contributed by atoms with Crippen molar-refractivity contribution in [2.45, 2.75) is 6.92 Å². The molecule has 5 nitrogen and oxygen atoms in total. The van der Waals surface area contributed by atoms with Crippen LogP contribution >= 0.6 is 0 Å². The van der Waals surface area contributed by atoms with E-state index in [1.807, 2.05) is 31.2 Å². The van der Waals surface area contributed by atoms with Crippen LogP contribution in [0.5, 0.6) is 0 Å². The average Bonchev–Trinajstić information content (AvgIpc) is 2.41. The zero-order valence-corrected chi connectivity index (χ0v) is 10.4. The van der Waals surface area contributed by atoms with E-state index in [9.17, 15) is 4.79 Å². The van der Waals surface area contributed by atoms with Crippen molar-refractivity contribution in [3.63, 3.8) is 0 Å². The second kappa shape index (κ2) is 5.77. The highest BCUT2D eigenvalue weighted by Crippen LogP contribution is 2.14. The van der Waals surface area contributed by atoms with Crippen LogP contribution in [0.3, 0.4) is 0 Å². The minimum Gasteiger partial charge on any atom is -0.478 e. The Kier molecular flexibility index (Phi) is 3.87. The van der Waals surface area contributed by atoms with Crippen LogP contribution in [0.4, 0.5) is 11.4 Å². The van der Waals surface area contributed by atoms with E-state index in [1.54, 1.807) is 12.1 Å². The third kappa shape index (κ3) is 3.64. The van der Waals surface area contributed by atoms with Gasteiger partial charge in [-0.05, 0) is 43.3 Å². The van der Waals surface area contributed by atoms with E-state index in [2.05, 4.69) is 15.8 Å². The minimum atomic E-state index is -0.951. The number of carboxylic acid groups (broad SMARTS) is 1. The van der Waals surface area contributed by atoms with Crippen LogP contribution < -0.4 is 5.43 Å². The van der Waals surface area contributed by atoms with Crippen LogP contribution in [0, 0.1) is 6.92 Å². The fraction of sp³-hybridized carbons (Fsp3) is 0.0714. The van der Waals surface area contributed by atoms with Crippen LogP contribution in [-0.2, 0) is 0 Å². The van der Waals surface area contributed by atoms with Crippen molar-refractivity contribution < 1.29 is 9.90 Å². The van der Waals surface area contributed by atoms with E-state index in [0.717, 1.165) is 11.3 Å². The molecule has 0 unspecified atom stereocenters. The lowest BCUT2D eigenvalue weighted by Crippen LogP contribution is -1.95. The topological polar surface area (TPSA) is 74.0 Å². The molecular formula is C14H13N3O2. The zero-order chi connectivity index (χ0) is 13.7. The monoisotopic (exact) mass is 255 g/mol. The maximum Gasteiger partial charge on any atom is 0.335 e. The summed E-state index contributed by atoms with van der Waals surface area (Å²) in [5, 5.41) is 16.6. The normalized spacial score (nSPS) is 10.6. The number of benzene rings is 2. The van der Waals surface area contributed by atoms with Crippen molar-refractivity contribution in [1.29, 1.82) is 0 Å². The van der Waals surface area contributed by atoms with Gasteiger partial charge in [0.1, 0.15) is 0 Å². The first-order chi connectivity index (χ1) is 9.15. The molecule has 0 aromatic heterocycles. The van der Waals surface area contributed by atoms with Gasteiger partial charge in [0.05, 0.1) is 16.9 Å². The van der Waals surface area contributed by atoms with E-state index in [0.29, 0.717) is 5.69 Å². The molecule has 2 rings (SSSR count). The first kappa shape index (κ1) is 12.8. The zero-order valence-electron chi connectivity index (χ0n) is 10.4. The number of nitrogens with zero attached hydrogens (tertiary/aromatic N) is 2. The average molecular weight is 255 g/mol. The van der Waals surface area contributed by atoms with E-state index >= 15 is 0 Å². The molecule has 2 aromatic rings. The van der Waals surface area contributed by atoms with Gasteiger partial charge in [0.25, 0.3) is 0 Å². The summed E-state index contributed by atoms with van der Waals surface area (Å²) < 4.78 is 0. The molecule has 0 aliphatic rings. The maximum absolute atomic E-state index is 10.7. The molecular weight excluding hydrogens is 242 g/mol. The summed E-state index contributed by atoms with van der Waals surface area (Å²) in [6.45, 7) is 2.00. The number of aryl methyl sites for hydroxylation is 1. The van der Waals surface area contributed by atoms with E-state index in [1.165, 1.54) is 12.1 Å². The fourth-order valence-corrected chi connectivity index (χ4v) is 1.44. The molecule has 0 heterocycles. The standard InChI is InChI=1S/C14H13N3O2/c1-10-2-6-12(7-3-10)15-17-16-13-8-4-11(5-9-13)14(18)19/h2-9H,1H3,(H,15,16)(H,18,19). The van der Waals surface area contributed by atoms with Gasteiger partial charge in [-0.25, -0.2) is 4.79 Å². The van der Waals surface area contributed by atoms with Crippen molar-refractivity contribution in [2.24, 2.45) is 10.3 Å². The predicted octanol–water partition coefficient (Wildman–Crippen LogP) is 3.80. The van der Waals surface area contributed by atoms with Crippen molar-refractivity contribution in [3.05, 3.63) is 59.7 Å². The molecule has 0 saturated heterocycles. The molecule has 96 valence electrons. The van der Waals surface area contributed by atoms with Crippen molar-refractivity contribution in [1.82, 2.24) is 0 Å². The van der Waals surface area contributed by atoms with E-state index in [-0.39, 0.29) is 5.56 Å². The summed E-state index contributed by atoms with van der Waals surface area (Å²) in [5.74, 6) is -0.951. The molecule has 2 aromatic carbocycles. The highest BCUT2D eigenvalue weighted by atomic mass is 16.4. The molecule has 0 saturated carbocycles. The van der Waals surface area contributed by atoms with Crippen molar-refractivity contribution >= 4 is 17.3 Å². The van der Waals surface area contributed by atoms with Gasteiger partial charge in [0.2, 0.25) is 0 Å². The predicted molar refractivity (Wildman–Crippen MR) is 72.7 cm³/mol. The van der Waals surface area contributed by atoms with Gasteiger partial charge < -0.3 is 5.11 Å². The lowest BCUT2D eigenvalue weighted by molar-refractivity contribution is 0.0697. The molecule has 0 aliphatic carbocycles. The summed E-state index contributed by atoms with van der Waals surface area (Å²) in [6.07, 6.45) is 0. The number of hydrogen-bond donors (Lipinski definition) is 2. The molecule has 5 heteroatoms. The first-order valence-corrected chi connectivity index (χ1v) is 5.72. The lowest BCUT2D eigenvalue weighted by Gasteiger charge is -1.99. The maximum atomic E-state index is 10.7. The van der Waals surface area contributed by atoms with Crippen LogP contribution in [0.1, 0.15) is 15.9 Å². The lowest BCUT2D eigenvalue weighted by atomic mass is 10.2. The largest absolute Gasteiger partial charge is 0.478 e. The van der Waals surface area contributed by atoms with E-state index < -0.39 is 5.97 Å². The Morgan fingerprint density at radius 2 is 1.68 bits per heavy atom. The van der Waals surface area contributed by atoms with Crippen molar-refractivity contribution in [2.75, 3.05) is 5.43 Å². The SMILES string of the molecule is Cc1ccc(N=NNc2ccc(C(=O)O)cc2)cc1. The fourth-order valence-electron chi connectivity index (χ4n) is 1.44. The third-order valence-electron chi connectivity index (χ3n) is 2.51. The van der Waals surface area contributed by atoms with E-state index in [4.69, 9.17) is 5.11 Å². The Morgan fingerprint density at radius 1 is 1.05 bits per heavy atom. The Morgan fingerprint density at radius 3 is 2.26 bits per heavy atom. The second-order valence-corrected chi connectivity index (χ2v) is 4.03. The molecule has 2 N–H and O–H groups in total. The quantitative estimate of drug-likeness (QED) is 0.644. The van der Waals surface area contributed by atoms with Gasteiger partial charge in [-0.3, -0.25) is 5.43 Å². The molecule has 0 radical (unpaired) electrons. The number of carboxylic acids is 1. The highest BCUT2D eigenvalue weighted by molar-refractivity contribution is 5.87. The van der Waals surface area contributed by atoms with Gasteiger partial charge in [0, 0.05) is 0 Å². The number of anilines is 1. The molecule has 0 fully saturated rings. The highest BCUT2D eigenvalue weighted by Gasteiger charge is 2.00. The summed E-state index contributed by atoms with van der Waals surface area (Å²) in [5.41, 5.74) is 5.57. The Balaban J connectivity index is 1.98. The van der Waals surface area contributed by atoms with Crippen molar-refractivity contribution in [3.8, 4) is 0 Å². The third-order valence-corrected chi connectivity index (χ3v) is 2.51. The van der Waals surface area contributed by atoms with Crippen LogP contribution in [0.15, 0.2) is 58.9 Å². The Bertz CT molecular complexity index is 589. The van der Waals surface area contributed by atoms with Crippen LogP contribution in [0.25, 0.3) is 0 Å². The summed E-state index contributed by atoms with van der Waals surface area (Å²) in [4.78, 5) is 10.7. The first-order valence-electron chi connectivity index (χ1n) is 5.72. The van der Waals surface area contributed by atoms with Gasteiger partial charge in [-0.15, -0.1) is 5.11 Å². The Labute approximate surface area is 110 Å².